The van der Waals surface area contributed by atoms with E-state index in [2.05, 4.69) is 25.1 Å². The van der Waals surface area contributed by atoms with Crippen LogP contribution in [-0.2, 0) is 4.74 Å². The molecular weight excluding hydrogens is 162 g/mol. The van der Waals surface area contributed by atoms with Crippen LogP contribution in [0.4, 0.5) is 0 Å². The van der Waals surface area contributed by atoms with Crippen molar-refractivity contribution in [2.45, 2.75) is 38.8 Å². The van der Waals surface area contributed by atoms with E-state index in [1.807, 2.05) is 0 Å². The van der Waals surface area contributed by atoms with Crippen molar-refractivity contribution in [2.75, 3.05) is 13.2 Å². The second-order valence-electron chi connectivity index (χ2n) is 3.60. The summed E-state index contributed by atoms with van der Waals surface area (Å²) in [5, 5.41) is 3.43. The molecule has 0 aliphatic carbocycles. The maximum Gasteiger partial charge on any atom is 0.0591 e. The molecule has 1 saturated heterocycles. The molecular formula is C11H19NO. The minimum Gasteiger partial charge on any atom is -0.378 e. The Morgan fingerprint density at radius 2 is 2.46 bits per heavy atom. The molecule has 2 heteroatoms. The van der Waals surface area contributed by atoms with Gasteiger partial charge in [-0.1, -0.05) is 6.92 Å². The van der Waals surface area contributed by atoms with Crippen LogP contribution in [0.1, 0.15) is 26.7 Å². The van der Waals surface area contributed by atoms with Crippen molar-refractivity contribution in [3.8, 4) is 12.3 Å². The van der Waals surface area contributed by atoms with Crippen LogP contribution in [0, 0.1) is 18.3 Å². The van der Waals surface area contributed by atoms with Crippen LogP contribution in [0.3, 0.4) is 0 Å². The van der Waals surface area contributed by atoms with Gasteiger partial charge in [0.1, 0.15) is 0 Å². The summed E-state index contributed by atoms with van der Waals surface area (Å²) in [6.45, 7) is 6.12. The molecule has 0 aromatic carbocycles. The third-order valence-electron chi connectivity index (χ3n) is 2.76. The van der Waals surface area contributed by atoms with Gasteiger partial charge in [0.2, 0.25) is 0 Å². The molecule has 0 aromatic heterocycles. The predicted molar refractivity (Wildman–Crippen MR) is 54.4 cm³/mol. The first-order chi connectivity index (χ1) is 6.29. The van der Waals surface area contributed by atoms with E-state index in [9.17, 15) is 0 Å². The zero-order chi connectivity index (χ0) is 9.68. The minimum absolute atomic E-state index is 0.359. The summed E-state index contributed by atoms with van der Waals surface area (Å²) in [6.07, 6.45) is 7.65. The maximum atomic E-state index is 5.53. The molecule has 0 saturated carbocycles. The zero-order valence-electron chi connectivity index (χ0n) is 8.55. The second-order valence-corrected chi connectivity index (χ2v) is 3.60. The van der Waals surface area contributed by atoms with Gasteiger partial charge in [0.05, 0.1) is 6.10 Å². The highest BCUT2D eigenvalue weighted by Crippen LogP contribution is 2.25. The first-order valence-corrected chi connectivity index (χ1v) is 5.08. The monoisotopic (exact) mass is 181 g/mol. The van der Waals surface area contributed by atoms with Gasteiger partial charge in [0.25, 0.3) is 0 Å². The van der Waals surface area contributed by atoms with Crippen LogP contribution in [0.15, 0.2) is 0 Å². The van der Waals surface area contributed by atoms with Gasteiger partial charge in [-0.15, -0.1) is 12.3 Å². The van der Waals surface area contributed by atoms with Gasteiger partial charge >= 0.3 is 0 Å². The Morgan fingerprint density at radius 3 is 2.92 bits per heavy atom. The topological polar surface area (TPSA) is 21.3 Å². The summed E-state index contributed by atoms with van der Waals surface area (Å²) >= 11 is 0. The van der Waals surface area contributed by atoms with E-state index in [0.29, 0.717) is 18.1 Å². The molecule has 13 heavy (non-hydrogen) atoms. The summed E-state index contributed by atoms with van der Waals surface area (Å²) in [5.41, 5.74) is 0. The molecule has 1 aliphatic heterocycles. The van der Waals surface area contributed by atoms with Crippen molar-refractivity contribution >= 4 is 0 Å². The molecule has 1 rings (SSSR count). The molecule has 0 spiro atoms. The number of hydrogen-bond donors (Lipinski definition) is 1. The van der Waals surface area contributed by atoms with E-state index in [0.717, 1.165) is 26.0 Å². The van der Waals surface area contributed by atoms with Gasteiger partial charge in [-0.2, -0.15) is 0 Å². The fourth-order valence-corrected chi connectivity index (χ4v) is 2.04. The highest BCUT2D eigenvalue weighted by Gasteiger charge is 2.30. The zero-order valence-corrected chi connectivity index (χ0v) is 8.55. The third-order valence-corrected chi connectivity index (χ3v) is 2.76. The summed E-state index contributed by atoms with van der Waals surface area (Å²) in [6, 6.07) is 0.437. The first-order valence-electron chi connectivity index (χ1n) is 5.08. The van der Waals surface area contributed by atoms with Crippen molar-refractivity contribution in [2.24, 2.45) is 5.92 Å². The standard InChI is InChI=1S/C11H19NO/c1-4-6-11(12-5-2)10-7-8-13-9(10)3/h1,9-12H,5-8H2,2-3H3. The average molecular weight is 181 g/mol. The molecule has 1 fully saturated rings. The normalized spacial score (nSPS) is 29.9. The van der Waals surface area contributed by atoms with Crippen molar-refractivity contribution in [3.05, 3.63) is 0 Å². The van der Waals surface area contributed by atoms with Gasteiger partial charge < -0.3 is 10.1 Å². The van der Waals surface area contributed by atoms with Gasteiger partial charge in [-0.25, -0.2) is 0 Å². The highest BCUT2D eigenvalue weighted by molar-refractivity contribution is 4.95. The molecule has 1 aliphatic rings. The number of ether oxygens (including phenoxy) is 1. The maximum absolute atomic E-state index is 5.53. The molecule has 0 radical (unpaired) electrons. The fourth-order valence-electron chi connectivity index (χ4n) is 2.04. The van der Waals surface area contributed by atoms with Gasteiger partial charge in [-0.3, -0.25) is 0 Å². The quantitative estimate of drug-likeness (QED) is 0.662. The van der Waals surface area contributed by atoms with E-state index in [1.165, 1.54) is 0 Å². The molecule has 0 bridgehead atoms. The molecule has 74 valence electrons. The summed E-state index contributed by atoms with van der Waals surface area (Å²) in [7, 11) is 0. The molecule has 3 unspecified atom stereocenters. The molecule has 3 atom stereocenters. The number of nitrogens with one attached hydrogen (secondary N) is 1. The lowest BCUT2D eigenvalue weighted by molar-refractivity contribution is 0.0961. The lowest BCUT2D eigenvalue weighted by Gasteiger charge is -2.24. The van der Waals surface area contributed by atoms with Gasteiger partial charge in [-0.05, 0) is 19.9 Å². The Kier molecular flexibility index (Phi) is 4.27. The van der Waals surface area contributed by atoms with Crippen LogP contribution >= 0.6 is 0 Å². The third kappa shape index (κ3) is 2.72. The lowest BCUT2D eigenvalue weighted by Crippen LogP contribution is -2.38. The van der Waals surface area contributed by atoms with Gasteiger partial charge in [0.15, 0.2) is 0 Å². The molecule has 1 heterocycles. The van der Waals surface area contributed by atoms with E-state index >= 15 is 0 Å². The van der Waals surface area contributed by atoms with Crippen LogP contribution in [0.2, 0.25) is 0 Å². The van der Waals surface area contributed by atoms with E-state index in [4.69, 9.17) is 11.2 Å². The van der Waals surface area contributed by atoms with Crippen LogP contribution in [-0.4, -0.2) is 25.3 Å². The Bertz CT molecular complexity index is 185. The largest absolute Gasteiger partial charge is 0.378 e. The smallest absolute Gasteiger partial charge is 0.0591 e. The molecule has 2 nitrogen and oxygen atoms in total. The SMILES string of the molecule is C#CCC(NCC)C1CCOC1C. The summed E-state index contributed by atoms with van der Waals surface area (Å²) in [5.74, 6) is 3.33. The second kappa shape index (κ2) is 5.26. The van der Waals surface area contributed by atoms with E-state index in [1.54, 1.807) is 0 Å². The Hall–Kier alpha value is -0.520. The fraction of sp³-hybridized carbons (Fsp3) is 0.818. The molecule has 0 aromatic rings. The Labute approximate surface area is 81.0 Å². The predicted octanol–water partition coefficient (Wildman–Crippen LogP) is 1.41. The van der Waals surface area contributed by atoms with E-state index < -0.39 is 0 Å². The van der Waals surface area contributed by atoms with Gasteiger partial charge in [0, 0.05) is 25.0 Å². The van der Waals surface area contributed by atoms with Crippen molar-refractivity contribution < 1.29 is 4.74 Å². The number of terminal acetylenes is 1. The lowest BCUT2D eigenvalue weighted by atomic mass is 9.91. The average Bonchev–Trinajstić information content (AvgIpc) is 2.51. The van der Waals surface area contributed by atoms with E-state index in [-0.39, 0.29) is 0 Å². The highest BCUT2D eigenvalue weighted by atomic mass is 16.5. The number of rotatable bonds is 4. The van der Waals surface area contributed by atoms with Crippen molar-refractivity contribution in [1.29, 1.82) is 0 Å². The minimum atomic E-state index is 0.359. The van der Waals surface area contributed by atoms with Crippen LogP contribution in [0.5, 0.6) is 0 Å². The molecule has 0 amide bonds. The summed E-state index contributed by atoms with van der Waals surface area (Å²) < 4.78 is 5.53. The van der Waals surface area contributed by atoms with Crippen LogP contribution < -0.4 is 5.32 Å². The molecule has 1 N–H and O–H groups in total. The first kappa shape index (κ1) is 10.6. The Morgan fingerprint density at radius 1 is 1.69 bits per heavy atom. The summed E-state index contributed by atoms with van der Waals surface area (Å²) in [4.78, 5) is 0. The van der Waals surface area contributed by atoms with Crippen molar-refractivity contribution in [3.63, 3.8) is 0 Å². The number of hydrogen-bond acceptors (Lipinski definition) is 2. The Balaban J connectivity index is 2.48. The van der Waals surface area contributed by atoms with Crippen LogP contribution in [0.25, 0.3) is 0 Å². The van der Waals surface area contributed by atoms with Crippen molar-refractivity contribution in [1.82, 2.24) is 5.32 Å².